The first-order valence-electron chi connectivity index (χ1n) is 5.36. The van der Waals surface area contributed by atoms with E-state index in [0.29, 0.717) is 17.5 Å². The standard InChI is InChI=1S/C11H12N2O2/c14-11(15)10-9(7-3-4-7)13-8(5-12-10)6-1-2-6/h5-7H,1-4H2,(H,14,15). The largest absolute Gasteiger partial charge is 0.476 e. The van der Waals surface area contributed by atoms with Crippen LogP contribution < -0.4 is 0 Å². The maximum absolute atomic E-state index is 10.9. The molecule has 0 spiro atoms. The van der Waals surface area contributed by atoms with Crippen LogP contribution in [0.2, 0.25) is 0 Å². The molecule has 1 N–H and O–H groups in total. The highest BCUT2D eigenvalue weighted by molar-refractivity contribution is 5.86. The Labute approximate surface area is 87.4 Å². The van der Waals surface area contributed by atoms with E-state index >= 15 is 0 Å². The van der Waals surface area contributed by atoms with Gasteiger partial charge in [0.1, 0.15) is 0 Å². The molecule has 0 aromatic carbocycles. The summed E-state index contributed by atoms with van der Waals surface area (Å²) in [6.07, 6.45) is 6.09. The summed E-state index contributed by atoms with van der Waals surface area (Å²) in [7, 11) is 0. The quantitative estimate of drug-likeness (QED) is 0.817. The van der Waals surface area contributed by atoms with Crippen LogP contribution in [0.15, 0.2) is 6.20 Å². The molecule has 1 aromatic heterocycles. The Kier molecular flexibility index (Phi) is 1.78. The Morgan fingerprint density at radius 2 is 1.93 bits per heavy atom. The minimum Gasteiger partial charge on any atom is -0.476 e. The van der Waals surface area contributed by atoms with Crippen molar-refractivity contribution < 1.29 is 9.90 Å². The Morgan fingerprint density at radius 3 is 2.47 bits per heavy atom. The van der Waals surface area contributed by atoms with Gasteiger partial charge in [0.2, 0.25) is 0 Å². The van der Waals surface area contributed by atoms with Crippen LogP contribution in [0.1, 0.15) is 59.4 Å². The molecule has 4 heteroatoms. The van der Waals surface area contributed by atoms with Gasteiger partial charge >= 0.3 is 5.97 Å². The molecule has 2 fully saturated rings. The maximum atomic E-state index is 10.9. The van der Waals surface area contributed by atoms with E-state index in [1.807, 2.05) is 0 Å². The third kappa shape index (κ3) is 1.60. The summed E-state index contributed by atoms with van der Waals surface area (Å²) < 4.78 is 0. The van der Waals surface area contributed by atoms with Crippen molar-refractivity contribution in [2.24, 2.45) is 0 Å². The number of aromatic carboxylic acids is 1. The van der Waals surface area contributed by atoms with E-state index in [1.165, 1.54) is 12.8 Å². The summed E-state index contributed by atoms with van der Waals surface area (Å²) >= 11 is 0. The van der Waals surface area contributed by atoms with Crippen LogP contribution in [0.25, 0.3) is 0 Å². The van der Waals surface area contributed by atoms with Crippen molar-refractivity contribution in [1.29, 1.82) is 0 Å². The fraction of sp³-hybridized carbons (Fsp3) is 0.545. The molecule has 15 heavy (non-hydrogen) atoms. The predicted molar refractivity (Wildman–Crippen MR) is 52.9 cm³/mol. The van der Waals surface area contributed by atoms with E-state index in [0.717, 1.165) is 18.5 Å². The van der Waals surface area contributed by atoms with Crippen molar-refractivity contribution in [2.45, 2.75) is 37.5 Å². The summed E-state index contributed by atoms with van der Waals surface area (Å²) in [6.45, 7) is 0. The van der Waals surface area contributed by atoms with Crippen molar-refractivity contribution in [3.05, 3.63) is 23.3 Å². The summed E-state index contributed by atoms with van der Waals surface area (Å²) in [6, 6.07) is 0. The van der Waals surface area contributed by atoms with Crippen molar-refractivity contribution in [1.82, 2.24) is 9.97 Å². The molecule has 1 aromatic rings. The van der Waals surface area contributed by atoms with Crippen LogP contribution in [0.4, 0.5) is 0 Å². The van der Waals surface area contributed by atoms with E-state index in [9.17, 15) is 4.79 Å². The molecule has 0 bridgehead atoms. The van der Waals surface area contributed by atoms with Gasteiger partial charge in [-0.15, -0.1) is 0 Å². The highest BCUT2D eigenvalue weighted by Gasteiger charge is 2.33. The van der Waals surface area contributed by atoms with Gasteiger partial charge in [-0.2, -0.15) is 0 Å². The number of carboxylic acid groups (broad SMARTS) is 1. The van der Waals surface area contributed by atoms with Crippen LogP contribution in [0.3, 0.4) is 0 Å². The van der Waals surface area contributed by atoms with E-state index in [-0.39, 0.29) is 5.69 Å². The van der Waals surface area contributed by atoms with Crippen LogP contribution in [0.5, 0.6) is 0 Å². The first kappa shape index (κ1) is 8.83. The zero-order valence-electron chi connectivity index (χ0n) is 8.31. The van der Waals surface area contributed by atoms with Gasteiger partial charge in [0, 0.05) is 18.0 Å². The summed E-state index contributed by atoms with van der Waals surface area (Å²) in [4.78, 5) is 19.5. The van der Waals surface area contributed by atoms with Crippen LogP contribution in [-0.4, -0.2) is 21.0 Å². The van der Waals surface area contributed by atoms with Gasteiger partial charge < -0.3 is 5.11 Å². The number of carbonyl (C=O) groups is 1. The highest BCUT2D eigenvalue weighted by atomic mass is 16.4. The molecule has 0 aliphatic heterocycles. The zero-order chi connectivity index (χ0) is 10.4. The van der Waals surface area contributed by atoms with Gasteiger partial charge in [-0.05, 0) is 25.7 Å². The number of carboxylic acids is 1. The van der Waals surface area contributed by atoms with Gasteiger partial charge in [0.05, 0.1) is 11.4 Å². The van der Waals surface area contributed by atoms with Crippen LogP contribution in [-0.2, 0) is 0 Å². The van der Waals surface area contributed by atoms with Crippen molar-refractivity contribution in [2.75, 3.05) is 0 Å². The third-order valence-corrected chi connectivity index (χ3v) is 2.98. The topological polar surface area (TPSA) is 63.1 Å². The van der Waals surface area contributed by atoms with Crippen LogP contribution in [0, 0.1) is 0 Å². The van der Waals surface area contributed by atoms with Crippen molar-refractivity contribution in [3.8, 4) is 0 Å². The molecule has 78 valence electrons. The van der Waals surface area contributed by atoms with E-state index < -0.39 is 5.97 Å². The number of rotatable bonds is 3. The molecule has 2 aliphatic carbocycles. The lowest BCUT2D eigenvalue weighted by Gasteiger charge is -2.05. The third-order valence-electron chi connectivity index (χ3n) is 2.98. The molecule has 0 amide bonds. The van der Waals surface area contributed by atoms with Crippen molar-refractivity contribution in [3.63, 3.8) is 0 Å². The molecule has 0 radical (unpaired) electrons. The molecular weight excluding hydrogens is 192 g/mol. The summed E-state index contributed by atoms with van der Waals surface area (Å²) in [5.41, 5.74) is 1.86. The summed E-state index contributed by atoms with van der Waals surface area (Å²) in [5.74, 6) is -0.0631. The van der Waals surface area contributed by atoms with Gasteiger partial charge in [0.25, 0.3) is 0 Å². The molecule has 3 rings (SSSR count). The zero-order valence-corrected chi connectivity index (χ0v) is 8.31. The molecular formula is C11H12N2O2. The average molecular weight is 204 g/mol. The second-order valence-corrected chi connectivity index (χ2v) is 4.38. The lowest BCUT2D eigenvalue weighted by molar-refractivity contribution is 0.0688. The Bertz CT molecular complexity index is 423. The molecule has 2 aliphatic rings. The normalized spacial score (nSPS) is 20.3. The smallest absolute Gasteiger partial charge is 0.356 e. The second kappa shape index (κ2) is 3.02. The maximum Gasteiger partial charge on any atom is 0.356 e. The number of hydrogen-bond acceptors (Lipinski definition) is 3. The van der Waals surface area contributed by atoms with Gasteiger partial charge in [-0.25, -0.2) is 9.78 Å². The first-order chi connectivity index (χ1) is 7.25. The van der Waals surface area contributed by atoms with Gasteiger partial charge in [-0.1, -0.05) is 0 Å². The minimum absolute atomic E-state index is 0.155. The first-order valence-corrected chi connectivity index (χ1v) is 5.36. The molecule has 0 saturated heterocycles. The number of aromatic nitrogens is 2. The minimum atomic E-state index is -0.952. The second-order valence-electron chi connectivity index (χ2n) is 4.38. The van der Waals surface area contributed by atoms with Gasteiger partial charge in [-0.3, -0.25) is 4.98 Å². The highest BCUT2D eigenvalue weighted by Crippen LogP contribution is 2.43. The van der Waals surface area contributed by atoms with Crippen LogP contribution >= 0.6 is 0 Å². The molecule has 1 heterocycles. The monoisotopic (exact) mass is 204 g/mol. The molecule has 2 saturated carbocycles. The summed E-state index contributed by atoms with van der Waals surface area (Å²) in [5, 5.41) is 8.98. The Morgan fingerprint density at radius 1 is 1.27 bits per heavy atom. The predicted octanol–water partition coefficient (Wildman–Crippen LogP) is 1.93. The lowest BCUT2D eigenvalue weighted by atomic mass is 10.2. The SMILES string of the molecule is O=C(O)c1ncc(C2CC2)nc1C1CC1. The number of nitrogens with zero attached hydrogens (tertiary/aromatic N) is 2. The molecule has 4 nitrogen and oxygen atoms in total. The Balaban J connectivity index is 2.03. The Hall–Kier alpha value is -1.45. The van der Waals surface area contributed by atoms with Gasteiger partial charge in [0.15, 0.2) is 5.69 Å². The van der Waals surface area contributed by atoms with Crippen molar-refractivity contribution >= 4 is 5.97 Å². The average Bonchev–Trinajstić information content (AvgIpc) is 3.07. The fourth-order valence-electron chi connectivity index (χ4n) is 1.80. The van der Waals surface area contributed by atoms with E-state index in [4.69, 9.17) is 5.11 Å². The molecule has 0 atom stereocenters. The number of hydrogen-bond donors (Lipinski definition) is 1. The van der Waals surface area contributed by atoms with E-state index in [2.05, 4.69) is 9.97 Å². The lowest BCUT2D eigenvalue weighted by Crippen LogP contribution is -2.08. The van der Waals surface area contributed by atoms with E-state index in [1.54, 1.807) is 6.20 Å². The fourth-order valence-corrected chi connectivity index (χ4v) is 1.80. The molecule has 0 unspecified atom stereocenters.